The summed E-state index contributed by atoms with van der Waals surface area (Å²) in [4.78, 5) is 0. The largest absolute Gasteiger partial charge is 0.389 e. The van der Waals surface area contributed by atoms with Crippen molar-refractivity contribution in [3.8, 4) is 0 Å². The summed E-state index contributed by atoms with van der Waals surface area (Å²) < 4.78 is 0. The predicted molar refractivity (Wildman–Crippen MR) is 56.7 cm³/mol. The number of rotatable bonds is 4. The zero-order valence-corrected chi connectivity index (χ0v) is 9.56. The van der Waals surface area contributed by atoms with Crippen molar-refractivity contribution in [1.82, 2.24) is 0 Å². The molecule has 2 unspecified atom stereocenters. The average molecular weight is 184 g/mol. The Morgan fingerprint density at radius 1 is 1.31 bits per heavy atom. The summed E-state index contributed by atoms with van der Waals surface area (Å²) >= 11 is 0. The van der Waals surface area contributed by atoms with E-state index in [-0.39, 0.29) is 11.0 Å². The summed E-state index contributed by atoms with van der Waals surface area (Å²) in [6, 6.07) is 0. The summed E-state index contributed by atoms with van der Waals surface area (Å²) in [5, 5.41) is 10.2. The first-order valence-corrected chi connectivity index (χ1v) is 5.70. The zero-order valence-electron chi connectivity index (χ0n) is 9.56. The van der Waals surface area contributed by atoms with Gasteiger partial charge in [0, 0.05) is 0 Å². The van der Waals surface area contributed by atoms with Crippen molar-refractivity contribution >= 4 is 0 Å². The molecule has 13 heavy (non-hydrogen) atoms. The van der Waals surface area contributed by atoms with E-state index >= 15 is 0 Å². The molecule has 0 radical (unpaired) electrons. The second-order valence-electron chi connectivity index (χ2n) is 5.15. The third kappa shape index (κ3) is 1.63. The third-order valence-corrected chi connectivity index (χ3v) is 4.30. The van der Waals surface area contributed by atoms with Gasteiger partial charge in [0.2, 0.25) is 0 Å². The minimum Gasteiger partial charge on any atom is -0.389 e. The average Bonchev–Trinajstić information content (AvgIpc) is 2.11. The van der Waals surface area contributed by atoms with Crippen LogP contribution in [0.4, 0.5) is 0 Å². The Labute approximate surface area is 82.5 Å². The van der Waals surface area contributed by atoms with Gasteiger partial charge in [0.05, 0.1) is 5.60 Å². The molecule has 1 aliphatic rings. The van der Waals surface area contributed by atoms with Crippen LogP contribution >= 0.6 is 0 Å². The fourth-order valence-corrected chi connectivity index (χ4v) is 2.69. The fraction of sp³-hybridized carbons (Fsp3) is 1.00. The van der Waals surface area contributed by atoms with E-state index in [1.54, 1.807) is 0 Å². The molecular formula is C12H24O. The van der Waals surface area contributed by atoms with E-state index in [1.165, 1.54) is 19.3 Å². The molecule has 0 aromatic heterocycles. The summed E-state index contributed by atoms with van der Waals surface area (Å²) in [6.07, 6.45) is 5.82. The smallest absolute Gasteiger partial charge is 0.0701 e. The van der Waals surface area contributed by atoms with E-state index in [9.17, 15) is 5.11 Å². The number of hydrogen-bond donors (Lipinski definition) is 1. The van der Waals surface area contributed by atoms with E-state index in [1.807, 2.05) is 0 Å². The van der Waals surface area contributed by atoms with Gasteiger partial charge in [-0.3, -0.25) is 0 Å². The molecule has 1 saturated carbocycles. The number of aliphatic hydroxyl groups is 1. The SMILES string of the molecule is CCCCC1CC(O)(CC)C1(C)C. The van der Waals surface area contributed by atoms with Crippen molar-refractivity contribution in [3.63, 3.8) is 0 Å². The van der Waals surface area contributed by atoms with E-state index in [0.29, 0.717) is 0 Å². The van der Waals surface area contributed by atoms with Crippen LogP contribution in [0.25, 0.3) is 0 Å². The Balaban J connectivity index is 2.49. The Morgan fingerprint density at radius 3 is 2.31 bits per heavy atom. The quantitative estimate of drug-likeness (QED) is 0.710. The first kappa shape index (κ1) is 11.0. The molecule has 1 nitrogen and oxygen atoms in total. The lowest BCUT2D eigenvalue weighted by molar-refractivity contribution is -0.198. The molecule has 0 heterocycles. The number of hydrogen-bond acceptors (Lipinski definition) is 1. The van der Waals surface area contributed by atoms with Crippen molar-refractivity contribution in [2.75, 3.05) is 0 Å². The van der Waals surface area contributed by atoms with Crippen LogP contribution in [-0.2, 0) is 0 Å². The summed E-state index contributed by atoms with van der Waals surface area (Å²) in [5.74, 6) is 0.748. The topological polar surface area (TPSA) is 20.2 Å². The lowest BCUT2D eigenvalue weighted by Crippen LogP contribution is -2.60. The molecule has 0 aromatic carbocycles. The van der Waals surface area contributed by atoms with Gasteiger partial charge in [-0.1, -0.05) is 40.5 Å². The van der Waals surface area contributed by atoms with Crippen molar-refractivity contribution in [2.45, 2.75) is 65.4 Å². The molecule has 2 atom stereocenters. The molecule has 0 aromatic rings. The van der Waals surface area contributed by atoms with Crippen LogP contribution < -0.4 is 0 Å². The van der Waals surface area contributed by atoms with Crippen LogP contribution in [-0.4, -0.2) is 10.7 Å². The molecule has 0 aliphatic heterocycles. The van der Waals surface area contributed by atoms with E-state index < -0.39 is 0 Å². The lowest BCUT2D eigenvalue weighted by atomic mass is 9.50. The Kier molecular flexibility index (Phi) is 3.06. The predicted octanol–water partition coefficient (Wildman–Crippen LogP) is 3.36. The van der Waals surface area contributed by atoms with Gasteiger partial charge in [-0.15, -0.1) is 0 Å². The molecular weight excluding hydrogens is 160 g/mol. The van der Waals surface area contributed by atoms with Gasteiger partial charge in [-0.05, 0) is 30.6 Å². The van der Waals surface area contributed by atoms with Crippen molar-refractivity contribution in [1.29, 1.82) is 0 Å². The van der Waals surface area contributed by atoms with Crippen LogP contribution in [0.15, 0.2) is 0 Å². The standard InChI is InChI=1S/C12H24O/c1-5-7-8-10-9-12(13,6-2)11(10,3)4/h10,13H,5-9H2,1-4H3. The highest BCUT2D eigenvalue weighted by atomic mass is 16.3. The lowest BCUT2D eigenvalue weighted by Gasteiger charge is -2.59. The van der Waals surface area contributed by atoms with Crippen molar-refractivity contribution in [2.24, 2.45) is 11.3 Å². The highest BCUT2D eigenvalue weighted by Crippen LogP contribution is 2.57. The molecule has 78 valence electrons. The van der Waals surface area contributed by atoms with E-state index in [2.05, 4.69) is 27.7 Å². The van der Waals surface area contributed by atoms with Crippen LogP contribution in [0.2, 0.25) is 0 Å². The normalized spacial score (nSPS) is 37.2. The maximum atomic E-state index is 10.2. The summed E-state index contributed by atoms with van der Waals surface area (Å²) in [5.41, 5.74) is -0.220. The van der Waals surface area contributed by atoms with E-state index in [0.717, 1.165) is 18.8 Å². The van der Waals surface area contributed by atoms with Gasteiger partial charge in [0.25, 0.3) is 0 Å². The zero-order chi connectivity index (χ0) is 10.1. The summed E-state index contributed by atoms with van der Waals surface area (Å²) in [7, 11) is 0. The second-order valence-corrected chi connectivity index (χ2v) is 5.15. The maximum Gasteiger partial charge on any atom is 0.0701 e. The summed E-state index contributed by atoms with van der Waals surface area (Å²) in [6.45, 7) is 8.77. The molecule has 1 N–H and O–H groups in total. The highest BCUT2D eigenvalue weighted by Gasteiger charge is 2.56. The van der Waals surface area contributed by atoms with Gasteiger partial charge in [-0.25, -0.2) is 0 Å². The van der Waals surface area contributed by atoms with Crippen LogP contribution in [0.1, 0.15) is 59.8 Å². The number of unbranched alkanes of at least 4 members (excludes halogenated alkanes) is 1. The highest BCUT2D eigenvalue weighted by molar-refractivity contribution is 5.07. The van der Waals surface area contributed by atoms with Gasteiger partial charge < -0.3 is 5.11 Å². The Bertz CT molecular complexity index is 174. The van der Waals surface area contributed by atoms with Crippen LogP contribution in [0.5, 0.6) is 0 Å². The molecule has 0 bridgehead atoms. The minimum atomic E-state index is -0.370. The Morgan fingerprint density at radius 2 is 1.92 bits per heavy atom. The molecule has 1 aliphatic carbocycles. The maximum absolute atomic E-state index is 10.2. The third-order valence-electron chi connectivity index (χ3n) is 4.30. The first-order chi connectivity index (χ1) is 5.98. The van der Waals surface area contributed by atoms with Gasteiger partial charge in [-0.2, -0.15) is 0 Å². The molecule has 1 heteroatoms. The van der Waals surface area contributed by atoms with E-state index in [4.69, 9.17) is 0 Å². The first-order valence-electron chi connectivity index (χ1n) is 5.70. The fourth-order valence-electron chi connectivity index (χ4n) is 2.69. The monoisotopic (exact) mass is 184 g/mol. The van der Waals surface area contributed by atoms with Crippen LogP contribution in [0, 0.1) is 11.3 Å². The van der Waals surface area contributed by atoms with Crippen molar-refractivity contribution in [3.05, 3.63) is 0 Å². The molecule has 0 spiro atoms. The van der Waals surface area contributed by atoms with Gasteiger partial charge >= 0.3 is 0 Å². The second kappa shape index (κ2) is 3.61. The molecule has 0 amide bonds. The Hall–Kier alpha value is -0.0400. The minimum absolute atomic E-state index is 0.150. The molecule has 0 saturated heterocycles. The van der Waals surface area contributed by atoms with Crippen molar-refractivity contribution < 1.29 is 5.11 Å². The molecule has 1 fully saturated rings. The van der Waals surface area contributed by atoms with Crippen LogP contribution in [0.3, 0.4) is 0 Å². The van der Waals surface area contributed by atoms with Gasteiger partial charge in [0.1, 0.15) is 0 Å². The molecule has 1 rings (SSSR count). The van der Waals surface area contributed by atoms with Gasteiger partial charge in [0.15, 0.2) is 0 Å².